The third-order valence-corrected chi connectivity index (χ3v) is 4.10. The Kier molecular flexibility index (Phi) is 3.66. The van der Waals surface area contributed by atoms with E-state index < -0.39 is 0 Å². The first-order chi connectivity index (χ1) is 9.60. The quantitative estimate of drug-likeness (QED) is 0.824. The van der Waals surface area contributed by atoms with Gasteiger partial charge in [-0.3, -0.25) is 0 Å². The molecule has 0 aliphatic heterocycles. The maximum atomic E-state index is 13.3. The zero-order valence-corrected chi connectivity index (χ0v) is 12.1. The molecule has 1 saturated carbocycles. The lowest BCUT2D eigenvalue weighted by atomic mass is 9.75. The minimum Gasteiger partial charge on any atom is -0.382 e. The largest absolute Gasteiger partial charge is 0.382 e. The summed E-state index contributed by atoms with van der Waals surface area (Å²) in [7, 11) is 0. The highest BCUT2D eigenvalue weighted by Gasteiger charge is 2.30. The summed E-state index contributed by atoms with van der Waals surface area (Å²) in [6.07, 6.45) is 2.16. The topological polar surface area (TPSA) is 12.0 Å². The van der Waals surface area contributed by atoms with Crippen molar-refractivity contribution in [2.75, 3.05) is 5.32 Å². The molecule has 1 nitrogen and oxygen atoms in total. The number of hydrogen-bond acceptors (Lipinski definition) is 1. The van der Waals surface area contributed by atoms with Crippen molar-refractivity contribution in [3.63, 3.8) is 0 Å². The van der Waals surface area contributed by atoms with E-state index in [0.29, 0.717) is 17.0 Å². The molecule has 1 fully saturated rings. The molecule has 2 aromatic rings. The van der Waals surface area contributed by atoms with Crippen LogP contribution in [0.4, 0.5) is 10.1 Å². The van der Waals surface area contributed by atoms with E-state index in [1.165, 1.54) is 23.3 Å². The van der Waals surface area contributed by atoms with Gasteiger partial charge in [0.2, 0.25) is 0 Å². The van der Waals surface area contributed by atoms with Gasteiger partial charge < -0.3 is 5.32 Å². The Morgan fingerprint density at radius 1 is 1.15 bits per heavy atom. The molecule has 0 saturated heterocycles. The van der Waals surface area contributed by atoms with Crippen LogP contribution in [0.5, 0.6) is 0 Å². The Labute approximate surface area is 123 Å². The van der Waals surface area contributed by atoms with Crippen LogP contribution in [0.15, 0.2) is 42.5 Å². The fourth-order valence-electron chi connectivity index (χ4n) is 2.80. The molecule has 2 aromatic carbocycles. The average molecular weight is 290 g/mol. The van der Waals surface area contributed by atoms with Gasteiger partial charge >= 0.3 is 0 Å². The summed E-state index contributed by atoms with van der Waals surface area (Å²) in [5.41, 5.74) is 3.47. The molecule has 0 aromatic heterocycles. The molecule has 1 aliphatic carbocycles. The minimum atomic E-state index is -0.297. The predicted octanol–water partition coefficient (Wildman–Crippen LogP) is 5.15. The van der Waals surface area contributed by atoms with E-state index in [0.717, 1.165) is 18.5 Å². The molecule has 0 unspecified atom stereocenters. The van der Waals surface area contributed by atoms with Gasteiger partial charge in [-0.15, -0.1) is 0 Å². The highest BCUT2D eigenvalue weighted by molar-refractivity contribution is 6.30. The molecular formula is C17H17ClFN. The number of anilines is 1. The van der Waals surface area contributed by atoms with Crippen molar-refractivity contribution in [1.82, 2.24) is 0 Å². The molecule has 104 valence electrons. The van der Waals surface area contributed by atoms with Gasteiger partial charge in [-0.05, 0) is 49.4 Å². The molecule has 1 aliphatic rings. The molecule has 3 rings (SSSR count). The molecule has 0 amide bonds. The van der Waals surface area contributed by atoms with Crippen LogP contribution in [0.3, 0.4) is 0 Å². The zero-order chi connectivity index (χ0) is 14.1. The van der Waals surface area contributed by atoms with Gasteiger partial charge in [-0.1, -0.05) is 41.4 Å². The molecule has 0 atom stereocenters. The van der Waals surface area contributed by atoms with Gasteiger partial charge in [0, 0.05) is 16.8 Å². The lowest BCUT2D eigenvalue weighted by Gasteiger charge is -2.37. The predicted molar refractivity (Wildman–Crippen MR) is 82.0 cm³/mol. The van der Waals surface area contributed by atoms with Crippen LogP contribution in [0.25, 0.3) is 0 Å². The molecule has 0 heterocycles. The van der Waals surface area contributed by atoms with E-state index in [9.17, 15) is 4.39 Å². The van der Waals surface area contributed by atoms with Gasteiger partial charge in [0.1, 0.15) is 5.82 Å². The Balaban J connectivity index is 1.61. The third kappa shape index (κ3) is 2.96. The van der Waals surface area contributed by atoms with Crippen LogP contribution < -0.4 is 5.32 Å². The third-order valence-electron chi connectivity index (χ3n) is 3.88. The van der Waals surface area contributed by atoms with Crippen LogP contribution in [0.1, 0.15) is 29.9 Å². The van der Waals surface area contributed by atoms with Crippen LogP contribution in [0.2, 0.25) is 5.02 Å². The second-order valence-corrected chi connectivity index (χ2v) is 6.02. The van der Waals surface area contributed by atoms with Crippen molar-refractivity contribution in [3.05, 3.63) is 64.4 Å². The summed E-state index contributed by atoms with van der Waals surface area (Å²) in [5, 5.41) is 3.78. The molecule has 0 spiro atoms. The van der Waals surface area contributed by atoms with Crippen molar-refractivity contribution >= 4 is 17.3 Å². The Morgan fingerprint density at radius 2 is 1.95 bits per heavy atom. The monoisotopic (exact) mass is 289 g/mol. The van der Waals surface area contributed by atoms with E-state index in [-0.39, 0.29) is 5.82 Å². The summed E-state index contributed by atoms with van der Waals surface area (Å²) >= 11 is 5.86. The number of hydrogen-bond donors (Lipinski definition) is 1. The van der Waals surface area contributed by atoms with E-state index in [4.69, 9.17) is 11.6 Å². The fourth-order valence-corrected chi connectivity index (χ4v) is 3.03. The Bertz CT molecular complexity index is 600. The van der Waals surface area contributed by atoms with Gasteiger partial charge in [-0.2, -0.15) is 0 Å². The van der Waals surface area contributed by atoms with Crippen molar-refractivity contribution in [2.24, 2.45) is 0 Å². The van der Waals surface area contributed by atoms with Gasteiger partial charge in [0.25, 0.3) is 0 Å². The average Bonchev–Trinajstić information content (AvgIpc) is 2.32. The second kappa shape index (κ2) is 5.45. The summed E-state index contributed by atoms with van der Waals surface area (Å²) in [6, 6.07) is 13.6. The summed E-state index contributed by atoms with van der Waals surface area (Å²) in [6.45, 7) is 2.12. The van der Waals surface area contributed by atoms with Crippen molar-refractivity contribution < 1.29 is 4.39 Å². The Hall–Kier alpha value is -1.54. The molecular weight excluding hydrogens is 273 g/mol. The normalized spacial score (nSPS) is 21.4. The highest BCUT2D eigenvalue weighted by atomic mass is 35.5. The maximum Gasteiger partial charge on any atom is 0.126 e. The molecule has 20 heavy (non-hydrogen) atoms. The lowest BCUT2D eigenvalue weighted by Crippen LogP contribution is -2.34. The first kappa shape index (κ1) is 13.4. The zero-order valence-electron chi connectivity index (χ0n) is 11.4. The number of rotatable bonds is 3. The molecule has 3 heteroatoms. The standard InChI is InChI=1S/C17H17ClFN/c1-11-3-2-4-12(5-11)13-6-16(7-13)20-17-9-14(18)8-15(19)10-17/h2-5,8-10,13,16,20H,6-7H2,1H3. The summed E-state index contributed by atoms with van der Waals surface area (Å²) < 4.78 is 13.3. The number of nitrogens with one attached hydrogen (secondary N) is 1. The molecule has 1 N–H and O–H groups in total. The summed E-state index contributed by atoms with van der Waals surface area (Å²) in [4.78, 5) is 0. The maximum absolute atomic E-state index is 13.3. The second-order valence-electron chi connectivity index (χ2n) is 5.58. The van der Waals surface area contributed by atoms with E-state index in [2.05, 4.69) is 36.5 Å². The highest BCUT2D eigenvalue weighted by Crippen LogP contribution is 2.38. The fraction of sp³-hybridized carbons (Fsp3) is 0.294. The first-order valence-corrected chi connectivity index (χ1v) is 7.27. The number of aryl methyl sites for hydroxylation is 1. The summed E-state index contributed by atoms with van der Waals surface area (Å²) in [5.74, 6) is 0.311. The van der Waals surface area contributed by atoms with Crippen molar-refractivity contribution in [1.29, 1.82) is 0 Å². The Morgan fingerprint density at radius 3 is 2.65 bits per heavy atom. The van der Waals surface area contributed by atoms with Crippen LogP contribution in [0, 0.1) is 12.7 Å². The van der Waals surface area contributed by atoms with E-state index in [1.807, 2.05) is 0 Å². The van der Waals surface area contributed by atoms with Gasteiger partial charge in [0.05, 0.1) is 0 Å². The smallest absolute Gasteiger partial charge is 0.126 e. The van der Waals surface area contributed by atoms with Gasteiger partial charge in [-0.25, -0.2) is 4.39 Å². The SMILES string of the molecule is Cc1cccc(C2CC(Nc3cc(F)cc(Cl)c3)C2)c1. The lowest BCUT2D eigenvalue weighted by molar-refractivity contribution is 0.374. The van der Waals surface area contributed by atoms with E-state index in [1.54, 1.807) is 6.07 Å². The first-order valence-electron chi connectivity index (χ1n) is 6.89. The van der Waals surface area contributed by atoms with Crippen molar-refractivity contribution in [2.45, 2.75) is 31.7 Å². The van der Waals surface area contributed by atoms with E-state index >= 15 is 0 Å². The van der Waals surface area contributed by atoms with Crippen LogP contribution in [-0.2, 0) is 0 Å². The molecule has 0 radical (unpaired) electrons. The van der Waals surface area contributed by atoms with Gasteiger partial charge in [0.15, 0.2) is 0 Å². The van der Waals surface area contributed by atoms with Crippen molar-refractivity contribution in [3.8, 4) is 0 Å². The number of benzene rings is 2. The minimum absolute atomic E-state index is 0.297. The van der Waals surface area contributed by atoms with Crippen LogP contribution >= 0.6 is 11.6 Å². The van der Waals surface area contributed by atoms with Crippen LogP contribution in [-0.4, -0.2) is 6.04 Å². The molecule has 0 bridgehead atoms. The number of halogens is 2.